The van der Waals surface area contributed by atoms with Crippen LogP contribution < -0.4 is 10.2 Å². The number of rotatable bonds is 9. The molecular formula is C30H31F6N3O4. The van der Waals surface area contributed by atoms with Crippen LogP contribution in [0.2, 0.25) is 0 Å². The molecule has 2 aromatic carbocycles. The molecule has 0 radical (unpaired) electrons. The number of hydrogen-bond donors (Lipinski definition) is 2. The summed E-state index contributed by atoms with van der Waals surface area (Å²) < 4.78 is 84.6. The number of nitrogens with zero attached hydrogens (tertiary/aromatic N) is 2. The zero-order valence-corrected chi connectivity index (χ0v) is 23.1. The molecule has 7 nitrogen and oxygen atoms in total. The monoisotopic (exact) mass is 611 g/mol. The van der Waals surface area contributed by atoms with Gasteiger partial charge in [-0.25, -0.2) is 0 Å². The molecule has 2 aromatic rings. The van der Waals surface area contributed by atoms with Gasteiger partial charge in [-0.3, -0.25) is 14.4 Å². The number of anilines is 1. The lowest BCUT2D eigenvalue weighted by molar-refractivity contribution is -0.162. The van der Waals surface area contributed by atoms with E-state index >= 15 is 0 Å². The third-order valence-corrected chi connectivity index (χ3v) is 7.62. The molecule has 0 saturated carbocycles. The van der Waals surface area contributed by atoms with Crippen LogP contribution in [-0.4, -0.2) is 60.5 Å². The first kappa shape index (κ1) is 31.9. The van der Waals surface area contributed by atoms with Crippen molar-refractivity contribution in [1.29, 1.82) is 0 Å². The van der Waals surface area contributed by atoms with E-state index in [9.17, 15) is 45.8 Å². The van der Waals surface area contributed by atoms with Gasteiger partial charge < -0.3 is 20.2 Å². The molecule has 2 saturated heterocycles. The number of amides is 2. The highest BCUT2D eigenvalue weighted by Gasteiger charge is 2.45. The molecule has 0 bridgehead atoms. The highest BCUT2D eigenvalue weighted by molar-refractivity contribution is 5.95. The minimum atomic E-state index is -5.42. The van der Waals surface area contributed by atoms with Crippen LogP contribution in [0.15, 0.2) is 42.5 Å². The predicted octanol–water partition coefficient (Wildman–Crippen LogP) is 5.83. The number of alkyl halides is 6. The average Bonchev–Trinajstić information content (AvgIpc) is 3.37. The Morgan fingerprint density at radius 1 is 0.977 bits per heavy atom. The third kappa shape index (κ3) is 7.68. The number of carbonyl (C=O) groups excluding carboxylic acids is 2. The molecule has 1 atom stereocenters. The number of halogens is 6. The average molecular weight is 612 g/mol. The summed E-state index contributed by atoms with van der Waals surface area (Å²) in [6, 6.07) is 7.49. The van der Waals surface area contributed by atoms with Crippen molar-refractivity contribution >= 4 is 29.5 Å². The zero-order chi connectivity index (χ0) is 31.4. The summed E-state index contributed by atoms with van der Waals surface area (Å²) >= 11 is 0. The lowest BCUT2D eigenvalue weighted by atomic mass is 9.89. The standard InChI is InChI=1S/C30H31F6N3O4/c31-29(32,33)23-12-10-20(21-7-1-2-8-24(21)39-16-3-6-19(18-39)28(42)43)22(27(23)30(34,35)36)11-13-25(40)37-14-5-17-38-15-4-9-26(38)41/h1-2,7-8,10-13,19H,3-6,9,14-18H2,(H,37,40)(H,42,43). The van der Waals surface area contributed by atoms with Crippen LogP contribution >= 0.6 is 0 Å². The van der Waals surface area contributed by atoms with Crippen LogP contribution in [0.3, 0.4) is 0 Å². The molecule has 2 amide bonds. The summed E-state index contributed by atoms with van der Waals surface area (Å²) in [5.41, 5.74) is -4.30. The van der Waals surface area contributed by atoms with Gasteiger partial charge in [0, 0.05) is 56.5 Å². The molecule has 2 fully saturated rings. The number of carboxylic acids is 1. The normalized spacial score (nSPS) is 18.0. The van der Waals surface area contributed by atoms with E-state index < -0.39 is 46.8 Å². The van der Waals surface area contributed by atoms with Gasteiger partial charge in [-0.05, 0) is 55.0 Å². The topological polar surface area (TPSA) is 89.9 Å². The quantitative estimate of drug-likeness (QED) is 0.212. The van der Waals surface area contributed by atoms with Crippen molar-refractivity contribution in [3.63, 3.8) is 0 Å². The van der Waals surface area contributed by atoms with E-state index in [-0.39, 0.29) is 30.1 Å². The van der Waals surface area contributed by atoms with Crippen molar-refractivity contribution in [3.8, 4) is 11.1 Å². The minimum Gasteiger partial charge on any atom is -0.481 e. The number of nitrogens with one attached hydrogen (secondary N) is 1. The zero-order valence-electron chi connectivity index (χ0n) is 23.1. The Morgan fingerprint density at radius 3 is 2.37 bits per heavy atom. The van der Waals surface area contributed by atoms with Gasteiger partial charge in [-0.15, -0.1) is 0 Å². The summed E-state index contributed by atoms with van der Waals surface area (Å²) in [5, 5.41) is 12.0. The summed E-state index contributed by atoms with van der Waals surface area (Å²) in [6.45, 7) is 1.60. The lowest BCUT2D eigenvalue weighted by Gasteiger charge is -2.34. The van der Waals surface area contributed by atoms with E-state index in [4.69, 9.17) is 0 Å². The molecule has 1 unspecified atom stereocenters. The minimum absolute atomic E-state index is 0.00583. The second kappa shape index (κ2) is 13.1. The highest BCUT2D eigenvalue weighted by Crippen LogP contribution is 2.47. The summed E-state index contributed by atoms with van der Waals surface area (Å²) in [7, 11) is 0. The molecule has 13 heteroatoms. The number of para-hydroxylation sites is 1. The second-order valence-corrected chi connectivity index (χ2v) is 10.5. The molecule has 2 heterocycles. The molecule has 0 aromatic heterocycles. The largest absolute Gasteiger partial charge is 0.481 e. The van der Waals surface area contributed by atoms with Crippen LogP contribution in [0.25, 0.3) is 17.2 Å². The maximum Gasteiger partial charge on any atom is 0.417 e. The van der Waals surface area contributed by atoms with Gasteiger partial charge in [-0.1, -0.05) is 24.3 Å². The van der Waals surface area contributed by atoms with E-state index in [0.717, 1.165) is 24.6 Å². The molecule has 232 valence electrons. The molecular weight excluding hydrogens is 580 g/mol. The van der Waals surface area contributed by atoms with Crippen molar-refractivity contribution in [1.82, 2.24) is 10.2 Å². The van der Waals surface area contributed by atoms with Crippen molar-refractivity contribution < 1.29 is 45.8 Å². The number of aliphatic carboxylic acids is 1. The van der Waals surface area contributed by atoms with Gasteiger partial charge in [-0.2, -0.15) is 26.3 Å². The van der Waals surface area contributed by atoms with Crippen molar-refractivity contribution in [3.05, 3.63) is 59.2 Å². The van der Waals surface area contributed by atoms with Gasteiger partial charge in [0.05, 0.1) is 17.0 Å². The van der Waals surface area contributed by atoms with Crippen LogP contribution in [0.5, 0.6) is 0 Å². The molecule has 0 spiro atoms. The van der Waals surface area contributed by atoms with E-state index in [2.05, 4.69) is 5.32 Å². The molecule has 4 rings (SSSR count). The van der Waals surface area contributed by atoms with Crippen LogP contribution in [0.1, 0.15) is 48.8 Å². The van der Waals surface area contributed by atoms with Gasteiger partial charge in [0.15, 0.2) is 0 Å². The maximum absolute atomic E-state index is 14.3. The summed E-state index contributed by atoms with van der Waals surface area (Å²) in [6.07, 6.45) is -6.73. The molecule has 2 aliphatic heterocycles. The fourth-order valence-corrected chi connectivity index (χ4v) is 5.58. The number of likely N-dealkylation sites (tertiary alicyclic amines) is 1. The number of piperidine rings is 1. The van der Waals surface area contributed by atoms with E-state index in [1.807, 2.05) is 0 Å². The molecule has 2 aliphatic rings. The van der Waals surface area contributed by atoms with Gasteiger partial charge in [0.25, 0.3) is 0 Å². The predicted molar refractivity (Wildman–Crippen MR) is 147 cm³/mol. The van der Waals surface area contributed by atoms with Crippen LogP contribution in [-0.2, 0) is 26.7 Å². The third-order valence-electron chi connectivity index (χ3n) is 7.62. The number of carboxylic acid groups (broad SMARTS) is 1. The fraction of sp³-hybridized carbons (Fsp3) is 0.433. The molecule has 2 N–H and O–H groups in total. The van der Waals surface area contributed by atoms with Crippen molar-refractivity contribution in [2.24, 2.45) is 5.92 Å². The summed E-state index contributed by atoms with van der Waals surface area (Å²) in [5.74, 6) is -2.53. The number of carbonyl (C=O) groups is 3. The first-order chi connectivity index (χ1) is 20.3. The van der Waals surface area contributed by atoms with Crippen molar-refractivity contribution in [2.75, 3.05) is 37.6 Å². The Labute approximate surface area is 244 Å². The van der Waals surface area contributed by atoms with Gasteiger partial charge in [0.1, 0.15) is 0 Å². The van der Waals surface area contributed by atoms with Crippen molar-refractivity contribution in [2.45, 2.75) is 44.5 Å². The Bertz CT molecular complexity index is 1390. The lowest BCUT2D eigenvalue weighted by Crippen LogP contribution is -2.38. The fourth-order valence-electron chi connectivity index (χ4n) is 5.58. The smallest absolute Gasteiger partial charge is 0.417 e. The SMILES string of the molecule is O=C(C=Cc1c(-c2ccccc2N2CCCC(C(=O)O)C2)ccc(C(F)(F)F)c1C(F)(F)F)NCCCN1CCCC1=O. The van der Waals surface area contributed by atoms with Crippen LogP contribution in [0, 0.1) is 5.92 Å². The first-order valence-electron chi connectivity index (χ1n) is 13.9. The van der Waals surface area contributed by atoms with E-state index in [1.165, 1.54) is 12.1 Å². The highest BCUT2D eigenvalue weighted by atomic mass is 19.4. The van der Waals surface area contributed by atoms with Crippen LogP contribution in [0.4, 0.5) is 32.0 Å². The van der Waals surface area contributed by atoms with E-state index in [1.54, 1.807) is 21.9 Å². The molecule has 43 heavy (non-hydrogen) atoms. The Hall–Kier alpha value is -4.03. The van der Waals surface area contributed by atoms with Gasteiger partial charge in [0.2, 0.25) is 11.8 Å². The first-order valence-corrected chi connectivity index (χ1v) is 13.9. The second-order valence-electron chi connectivity index (χ2n) is 10.5. The number of benzene rings is 2. The summed E-state index contributed by atoms with van der Waals surface area (Å²) in [4.78, 5) is 39.2. The Morgan fingerprint density at radius 2 is 1.72 bits per heavy atom. The van der Waals surface area contributed by atoms with Gasteiger partial charge >= 0.3 is 18.3 Å². The molecule has 0 aliphatic carbocycles. The maximum atomic E-state index is 14.3. The Balaban J connectivity index is 1.71. The number of hydrogen-bond acceptors (Lipinski definition) is 4. The van der Waals surface area contributed by atoms with E-state index in [0.29, 0.717) is 57.1 Å². The Kier molecular flexibility index (Phi) is 9.71.